The van der Waals surface area contributed by atoms with Crippen molar-refractivity contribution in [1.29, 1.82) is 0 Å². The number of rotatable bonds is 9. The van der Waals surface area contributed by atoms with Crippen LogP contribution in [0.25, 0.3) is 10.9 Å². The Kier molecular flexibility index (Phi) is 8.92. The molecule has 4 N–H and O–H groups in total. The lowest BCUT2D eigenvalue weighted by Gasteiger charge is -2.32. The van der Waals surface area contributed by atoms with Crippen LogP contribution < -0.4 is 30.7 Å². The second-order valence-corrected chi connectivity index (χ2v) is 11.3. The lowest BCUT2D eigenvalue weighted by Crippen LogP contribution is -2.41. The van der Waals surface area contributed by atoms with E-state index in [0.29, 0.717) is 47.1 Å². The highest BCUT2D eigenvalue weighted by Gasteiger charge is 2.23. The molecule has 0 atom stereocenters. The number of piperidine rings is 2. The lowest BCUT2D eigenvalue weighted by atomic mass is 10.0. The Labute approximate surface area is 261 Å². The van der Waals surface area contributed by atoms with Crippen molar-refractivity contribution in [2.45, 2.75) is 37.8 Å². The summed E-state index contributed by atoms with van der Waals surface area (Å²) in [5, 5.41) is 7.38. The molecule has 0 saturated carbocycles. The second kappa shape index (κ2) is 13.3. The van der Waals surface area contributed by atoms with Gasteiger partial charge in [-0.1, -0.05) is 6.58 Å². The van der Waals surface area contributed by atoms with Crippen LogP contribution in [-0.4, -0.2) is 71.1 Å². The van der Waals surface area contributed by atoms with Crippen molar-refractivity contribution < 1.29 is 18.7 Å². The fourth-order valence-electron chi connectivity index (χ4n) is 5.75. The van der Waals surface area contributed by atoms with Crippen molar-refractivity contribution in [3.8, 4) is 17.2 Å². The summed E-state index contributed by atoms with van der Waals surface area (Å²) < 4.78 is 27.0. The minimum absolute atomic E-state index is 0.0539. The number of amides is 1. The van der Waals surface area contributed by atoms with Crippen molar-refractivity contribution in [1.82, 2.24) is 19.9 Å². The molecule has 0 bridgehead atoms. The number of nitrogens with zero attached hydrogens (tertiary/aromatic N) is 5. The summed E-state index contributed by atoms with van der Waals surface area (Å²) in [5.74, 6) is 2.28. The molecule has 12 heteroatoms. The standard InChI is InChI=1S/C33H37FN8O3/c1-3-32(43)42-14-9-22(10-15-42)39-29-18-25-28(19-30(29)44-2)37-20-38-33(25)40-27-5-4-23(16-26(27)34)45-24-6-11-36-31(17-24)41-12-7-21(35)8-13-41/h3-6,11,16-22,39H,1,7-10,12-15,35H2,2H3,(H,37,38,40). The van der Waals surface area contributed by atoms with Gasteiger partial charge in [0.25, 0.3) is 0 Å². The molecule has 2 aromatic carbocycles. The normalized spacial score (nSPS) is 16.0. The number of benzene rings is 2. The predicted octanol–water partition coefficient (Wildman–Crippen LogP) is 5.22. The number of halogens is 1. The second-order valence-electron chi connectivity index (χ2n) is 11.3. The van der Waals surface area contributed by atoms with Crippen LogP contribution in [0.4, 0.5) is 27.4 Å². The zero-order chi connectivity index (χ0) is 31.3. The average molecular weight is 613 g/mol. The number of carbonyl (C=O) groups excluding carboxylic acids is 1. The third kappa shape index (κ3) is 6.91. The summed E-state index contributed by atoms with van der Waals surface area (Å²) in [5.41, 5.74) is 7.69. The fourth-order valence-corrected chi connectivity index (χ4v) is 5.75. The van der Waals surface area contributed by atoms with E-state index in [-0.39, 0.29) is 23.7 Å². The van der Waals surface area contributed by atoms with Crippen LogP contribution in [0.15, 0.2) is 67.6 Å². The minimum atomic E-state index is -0.494. The number of ether oxygens (including phenoxy) is 2. The molecule has 4 heterocycles. The van der Waals surface area contributed by atoms with Gasteiger partial charge in [0.05, 0.1) is 24.0 Å². The number of anilines is 4. The first-order chi connectivity index (χ1) is 21.9. The van der Waals surface area contributed by atoms with E-state index in [1.54, 1.807) is 36.4 Å². The molecule has 2 saturated heterocycles. The van der Waals surface area contributed by atoms with Gasteiger partial charge in [0.1, 0.15) is 41.0 Å². The van der Waals surface area contributed by atoms with Crippen molar-refractivity contribution in [3.05, 3.63) is 73.5 Å². The Morgan fingerprint density at radius 2 is 1.78 bits per heavy atom. The zero-order valence-electron chi connectivity index (χ0n) is 25.2. The maximum atomic E-state index is 15.4. The van der Waals surface area contributed by atoms with E-state index in [1.165, 1.54) is 18.5 Å². The van der Waals surface area contributed by atoms with Crippen molar-refractivity contribution in [2.24, 2.45) is 5.73 Å². The first-order valence-electron chi connectivity index (χ1n) is 15.1. The molecule has 6 rings (SSSR count). The molecule has 0 radical (unpaired) electrons. The molecule has 11 nitrogen and oxygen atoms in total. The molecule has 2 fully saturated rings. The van der Waals surface area contributed by atoms with E-state index in [4.69, 9.17) is 15.2 Å². The summed E-state index contributed by atoms with van der Waals surface area (Å²) in [6, 6.07) is 12.4. The maximum Gasteiger partial charge on any atom is 0.245 e. The summed E-state index contributed by atoms with van der Waals surface area (Å²) in [4.78, 5) is 29.2. The molecule has 0 unspecified atom stereocenters. The van der Waals surface area contributed by atoms with E-state index in [2.05, 4.69) is 37.1 Å². The van der Waals surface area contributed by atoms with E-state index in [0.717, 1.165) is 50.3 Å². The highest BCUT2D eigenvalue weighted by molar-refractivity contribution is 5.95. The minimum Gasteiger partial charge on any atom is -0.495 e. The smallest absolute Gasteiger partial charge is 0.245 e. The first-order valence-corrected chi connectivity index (χ1v) is 15.1. The maximum absolute atomic E-state index is 15.4. The molecule has 4 aromatic rings. The number of hydrogen-bond acceptors (Lipinski definition) is 10. The molecule has 234 valence electrons. The van der Waals surface area contributed by atoms with Crippen LogP contribution in [0.3, 0.4) is 0 Å². The molecule has 0 aliphatic carbocycles. The van der Waals surface area contributed by atoms with Gasteiger partial charge in [-0.3, -0.25) is 4.79 Å². The molecule has 0 spiro atoms. The topological polar surface area (TPSA) is 131 Å². The molecule has 45 heavy (non-hydrogen) atoms. The van der Waals surface area contributed by atoms with Crippen LogP contribution in [0.2, 0.25) is 0 Å². The Morgan fingerprint density at radius 3 is 2.51 bits per heavy atom. The number of pyridine rings is 1. The number of nitrogens with one attached hydrogen (secondary N) is 2. The van der Waals surface area contributed by atoms with E-state index >= 15 is 4.39 Å². The summed E-state index contributed by atoms with van der Waals surface area (Å²) in [6.07, 6.45) is 7.86. The van der Waals surface area contributed by atoms with Gasteiger partial charge in [-0.05, 0) is 56.0 Å². The van der Waals surface area contributed by atoms with Crippen LogP contribution in [0.1, 0.15) is 25.7 Å². The Bertz CT molecular complexity index is 1690. The Morgan fingerprint density at radius 1 is 1.00 bits per heavy atom. The molecule has 2 aromatic heterocycles. The number of hydrogen-bond donors (Lipinski definition) is 3. The summed E-state index contributed by atoms with van der Waals surface area (Å²) in [6.45, 7) is 6.54. The predicted molar refractivity (Wildman–Crippen MR) is 173 cm³/mol. The van der Waals surface area contributed by atoms with Crippen LogP contribution in [-0.2, 0) is 4.79 Å². The summed E-state index contributed by atoms with van der Waals surface area (Å²) >= 11 is 0. The van der Waals surface area contributed by atoms with E-state index in [1.807, 2.05) is 18.2 Å². The largest absolute Gasteiger partial charge is 0.495 e. The first kappa shape index (κ1) is 30.1. The molecule has 2 aliphatic rings. The Hall–Kier alpha value is -4.97. The quantitative estimate of drug-likeness (QED) is 0.216. The number of likely N-dealkylation sites (tertiary alicyclic amines) is 1. The summed E-state index contributed by atoms with van der Waals surface area (Å²) in [7, 11) is 1.60. The van der Waals surface area contributed by atoms with Gasteiger partial charge >= 0.3 is 0 Å². The van der Waals surface area contributed by atoms with Gasteiger partial charge in [-0.25, -0.2) is 19.3 Å². The van der Waals surface area contributed by atoms with Crippen LogP contribution >= 0.6 is 0 Å². The van der Waals surface area contributed by atoms with Gasteiger partial charge < -0.3 is 35.6 Å². The molecule has 1 amide bonds. The third-order valence-electron chi connectivity index (χ3n) is 8.31. The van der Waals surface area contributed by atoms with Crippen molar-refractivity contribution in [3.63, 3.8) is 0 Å². The lowest BCUT2D eigenvalue weighted by molar-refractivity contribution is -0.126. The molecule has 2 aliphatic heterocycles. The van der Waals surface area contributed by atoms with Gasteiger partial charge in [0.15, 0.2) is 0 Å². The third-order valence-corrected chi connectivity index (χ3v) is 8.31. The monoisotopic (exact) mass is 612 g/mol. The van der Waals surface area contributed by atoms with Gasteiger partial charge in [-0.15, -0.1) is 0 Å². The highest BCUT2D eigenvalue weighted by Crippen LogP contribution is 2.35. The van der Waals surface area contributed by atoms with E-state index in [9.17, 15) is 4.79 Å². The molecular weight excluding hydrogens is 575 g/mol. The SMILES string of the molecule is C=CC(=O)N1CCC(Nc2cc3c(Nc4ccc(Oc5ccnc(N6CCC(N)CC6)c5)cc4F)ncnc3cc2OC)CC1. The Balaban J connectivity index is 1.17. The molecular formula is C33H37FN8O3. The zero-order valence-corrected chi connectivity index (χ0v) is 25.2. The van der Waals surface area contributed by atoms with Gasteiger partial charge in [-0.2, -0.15) is 0 Å². The average Bonchev–Trinajstić information content (AvgIpc) is 3.06. The number of nitrogens with two attached hydrogens (primary N) is 1. The highest BCUT2D eigenvalue weighted by atomic mass is 19.1. The van der Waals surface area contributed by atoms with Crippen LogP contribution in [0.5, 0.6) is 17.2 Å². The fraction of sp³-hybridized carbons (Fsp3) is 0.333. The van der Waals surface area contributed by atoms with Crippen molar-refractivity contribution in [2.75, 3.05) is 48.8 Å². The number of aromatic nitrogens is 3. The van der Waals surface area contributed by atoms with E-state index < -0.39 is 5.82 Å². The van der Waals surface area contributed by atoms with Crippen molar-refractivity contribution >= 4 is 39.8 Å². The number of carbonyl (C=O) groups is 1. The number of fused-ring (bicyclic) bond motifs is 1. The van der Waals surface area contributed by atoms with Gasteiger partial charge in [0, 0.05) is 68.0 Å². The van der Waals surface area contributed by atoms with Crippen LogP contribution in [0, 0.1) is 5.82 Å². The van der Waals surface area contributed by atoms with Gasteiger partial charge in [0.2, 0.25) is 5.91 Å². The number of methoxy groups -OCH3 is 1.